The van der Waals surface area contributed by atoms with Crippen molar-refractivity contribution in [1.29, 1.82) is 0 Å². The number of aromatic amines is 1. The Labute approximate surface area is 224 Å². The number of thiazole rings is 1. The third kappa shape index (κ3) is 5.27. The van der Waals surface area contributed by atoms with E-state index in [-0.39, 0.29) is 28.6 Å². The van der Waals surface area contributed by atoms with Gasteiger partial charge in [-0.1, -0.05) is 22.9 Å². The number of H-pyrrole nitrogens is 1. The van der Waals surface area contributed by atoms with E-state index in [0.29, 0.717) is 64.5 Å². The highest BCUT2D eigenvalue weighted by Gasteiger charge is 2.34. The Morgan fingerprint density at radius 3 is 2.83 bits per heavy atom. The minimum atomic E-state index is -1.09. The van der Waals surface area contributed by atoms with Gasteiger partial charge in [-0.05, 0) is 29.3 Å². The third-order valence-electron chi connectivity index (χ3n) is 5.87. The molecule has 4 rings (SSSR count). The molecule has 3 aromatic heterocycles. The van der Waals surface area contributed by atoms with E-state index in [4.69, 9.17) is 21.1 Å². The maximum absolute atomic E-state index is 12.9. The lowest BCUT2D eigenvalue weighted by Gasteiger charge is -2.37. The summed E-state index contributed by atoms with van der Waals surface area (Å²) < 4.78 is 12.9. The van der Waals surface area contributed by atoms with Crippen LogP contribution in [0.25, 0.3) is 11.5 Å². The van der Waals surface area contributed by atoms with E-state index in [1.165, 1.54) is 6.33 Å². The van der Waals surface area contributed by atoms with Crippen LogP contribution in [0.2, 0.25) is 5.02 Å². The zero-order valence-corrected chi connectivity index (χ0v) is 22.9. The van der Waals surface area contributed by atoms with Crippen molar-refractivity contribution in [2.45, 2.75) is 32.0 Å². The van der Waals surface area contributed by atoms with Gasteiger partial charge in [0.2, 0.25) is 0 Å². The topological polar surface area (TPSA) is 147 Å². The average molecular weight is 603 g/mol. The Morgan fingerprint density at radius 2 is 2.19 bits per heavy atom. The number of aryl methyl sites for hydroxylation is 1. The molecule has 0 aliphatic carbocycles. The summed E-state index contributed by atoms with van der Waals surface area (Å²) in [5, 5.41) is 18.0. The maximum atomic E-state index is 12.9. The molecule has 0 radical (unpaired) electrons. The van der Waals surface area contributed by atoms with Crippen LogP contribution in [0, 0.1) is 6.92 Å². The number of carbonyl (C=O) groups is 2. The zero-order valence-electron chi connectivity index (χ0n) is 19.7. The van der Waals surface area contributed by atoms with Crippen LogP contribution in [0.15, 0.2) is 10.8 Å². The highest BCUT2D eigenvalue weighted by Crippen LogP contribution is 2.34. The normalized spacial score (nSPS) is 18.0. The van der Waals surface area contributed by atoms with Crippen LogP contribution in [0.1, 0.15) is 32.3 Å². The summed E-state index contributed by atoms with van der Waals surface area (Å²) in [7, 11) is 3.15. The van der Waals surface area contributed by atoms with Crippen molar-refractivity contribution in [3.8, 4) is 11.5 Å². The van der Waals surface area contributed by atoms with E-state index in [9.17, 15) is 14.7 Å². The predicted molar refractivity (Wildman–Crippen MR) is 137 cm³/mol. The van der Waals surface area contributed by atoms with E-state index in [2.05, 4.69) is 41.3 Å². The molecule has 0 aromatic carbocycles. The monoisotopic (exact) mass is 601 g/mol. The van der Waals surface area contributed by atoms with E-state index in [1.807, 2.05) is 4.90 Å². The smallest absolute Gasteiger partial charge is 0.348 e. The average Bonchev–Trinajstić information content (AvgIpc) is 3.57. The Balaban J connectivity index is 1.52. The largest absolute Gasteiger partial charge is 0.477 e. The highest BCUT2D eigenvalue weighted by molar-refractivity contribution is 9.10. The molecule has 1 aliphatic rings. The molecule has 3 N–H and O–H groups in total. The number of carboxylic acids is 1. The van der Waals surface area contributed by atoms with Crippen molar-refractivity contribution in [3.05, 3.63) is 32.1 Å². The molecule has 194 valence electrons. The molecule has 4 heterocycles. The van der Waals surface area contributed by atoms with Gasteiger partial charge in [0.15, 0.2) is 11.0 Å². The van der Waals surface area contributed by atoms with Gasteiger partial charge in [-0.2, -0.15) is 5.10 Å². The van der Waals surface area contributed by atoms with Crippen molar-refractivity contribution in [3.63, 3.8) is 0 Å². The molecule has 15 heteroatoms. The minimum absolute atomic E-state index is 0.0740. The Bertz CT molecular complexity index is 1260. The molecule has 3 aromatic rings. The van der Waals surface area contributed by atoms with Gasteiger partial charge in [0, 0.05) is 33.0 Å². The standard InChI is InChI=1S/C21H25BrClN7O5S/c1-10-14(23)13(22)15(26-10)19(31)27-11-4-5-29(8-12(11)35-3)21-28-16(17(36-21)20(32)33)18-24-9-25-30(18)6-7-34-2/h9,11-12,26H,4-8H2,1-3H3,(H,27,31)(H,32,33)/t11-,12+/m1/s1. The lowest BCUT2D eigenvalue weighted by molar-refractivity contribution is 0.0540. The molecule has 0 bridgehead atoms. The van der Waals surface area contributed by atoms with Gasteiger partial charge in [-0.3, -0.25) is 4.79 Å². The number of anilines is 1. The second-order valence-corrected chi connectivity index (χ2v) is 10.3. The molecule has 1 fully saturated rings. The van der Waals surface area contributed by atoms with Gasteiger partial charge in [0.25, 0.3) is 5.91 Å². The van der Waals surface area contributed by atoms with Crippen LogP contribution in [0.5, 0.6) is 0 Å². The second kappa shape index (κ2) is 11.3. The highest BCUT2D eigenvalue weighted by atomic mass is 79.9. The fourth-order valence-corrected chi connectivity index (χ4v) is 5.65. The first kappa shape index (κ1) is 26.5. The summed E-state index contributed by atoms with van der Waals surface area (Å²) in [6.07, 6.45) is 1.58. The summed E-state index contributed by atoms with van der Waals surface area (Å²) in [5.41, 5.74) is 1.30. The van der Waals surface area contributed by atoms with E-state index in [1.54, 1.807) is 25.8 Å². The van der Waals surface area contributed by atoms with Gasteiger partial charge < -0.3 is 29.8 Å². The van der Waals surface area contributed by atoms with Crippen LogP contribution in [-0.2, 0) is 16.0 Å². The van der Waals surface area contributed by atoms with Crippen molar-refractivity contribution in [1.82, 2.24) is 30.0 Å². The van der Waals surface area contributed by atoms with E-state index < -0.39 is 5.97 Å². The van der Waals surface area contributed by atoms with Crippen LogP contribution in [0.4, 0.5) is 5.13 Å². The van der Waals surface area contributed by atoms with Gasteiger partial charge >= 0.3 is 5.97 Å². The first-order chi connectivity index (χ1) is 17.2. The molecule has 1 saturated heterocycles. The number of aromatic nitrogens is 5. The number of rotatable bonds is 9. The van der Waals surface area contributed by atoms with Crippen LogP contribution in [0.3, 0.4) is 0 Å². The third-order valence-corrected chi connectivity index (χ3v) is 8.47. The van der Waals surface area contributed by atoms with Gasteiger partial charge in [0.05, 0.1) is 34.8 Å². The lowest BCUT2D eigenvalue weighted by atomic mass is 10.0. The number of nitrogens with one attached hydrogen (secondary N) is 2. The summed E-state index contributed by atoms with van der Waals surface area (Å²) in [4.78, 5) is 38.8. The number of ether oxygens (including phenoxy) is 2. The number of methoxy groups -OCH3 is 2. The van der Waals surface area contributed by atoms with Gasteiger partial charge in [0.1, 0.15) is 22.6 Å². The Morgan fingerprint density at radius 1 is 1.42 bits per heavy atom. The summed E-state index contributed by atoms with van der Waals surface area (Å²) in [6, 6.07) is -0.261. The zero-order chi connectivity index (χ0) is 26.0. The lowest BCUT2D eigenvalue weighted by Crippen LogP contribution is -2.55. The number of aromatic carboxylic acids is 1. The number of hydrogen-bond acceptors (Lipinski definition) is 9. The van der Waals surface area contributed by atoms with Gasteiger partial charge in [-0.25, -0.2) is 19.4 Å². The molecule has 2 atom stereocenters. The number of carboxylic acid groups (broad SMARTS) is 1. The molecule has 0 spiro atoms. The summed E-state index contributed by atoms with van der Waals surface area (Å²) >= 11 is 10.6. The quantitative estimate of drug-likeness (QED) is 0.336. The maximum Gasteiger partial charge on any atom is 0.348 e. The van der Waals surface area contributed by atoms with Crippen molar-refractivity contribution >= 4 is 55.9 Å². The fourth-order valence-electron chi connectivity index (χ4n) is 3.99. The van der Waals surface area contributed by atoms with Crippen molar-refractivity contribution in [2.24, 2.45) is 0 Å². The fraction of sp³-hybridized carbons (Fsp3) is 0.476. The predicted octanol–water partition coefficient (Wildman–Crippen LogP) is 2.82. The number of piperidine rings is 1. The molecule has 36 heavy (non-hydrogen) atoms. The van der Waals surface area contributed by atoms with E-state index >= 15 is 0 Å². The number of amides is 1. The van der Waals surface area contributed by atoms with Crippen LogP contribution < -0.4 is 10.2 Å². The molecular formula is C21H25BrClN7O5S. The number of nitrogens with zero attached hydrogens (tertiary/aromatic N) is 5. The Hall–Kier alpha value is -2.52. The van der Waals surface area contributed by atoms with Crippen LogP contribution in [-0.4, -0.2) is 87.8 Å². The molecule has 1 aliphatic heterocycles. The molecule has 1 amide bonds. The summed E-state index contributed by atoms with van der Waals surface area (Å²) in [5.74, 6) is -1.02. The van der Waals surface area contributed by atoms with Crippen molar-refractivity contribution in [2.75, 3.05) is 38.8 Å². The second-order valence-electron chi connectivity index (χ2n) is 8.12. The first-order valence-electron chi connectivity index (χ1n) is 11.0. The molecular weight excluding hydrogens is 578 g/mol. The minimum Gasteiger partial charge on any atom is -0.477 e. The SMILES string of the molecule is COCCn1ncnc1-c1nc(N2CC[C@@H](NC(=O)c3[nH]c(C)c(Cl)c3Br)[C@@H](OC)C2)sc1C(=O)O. The first-order valence-corrected chi connectivity index (χ1v) is 13.0. The van der Waals surface area contributed by atoms with Crippen molar-refractivity contribution < 1.29 is 24.2 Å². The Kier molecular flexibility index (Phi) is 8.30. The van der Waals surface area contributed by atoms with E-state index in [0.717, 1.165) is 11.3 Å². The molecule has 0 unspecified atom stereocenters. The molecule has 12 nitrogen and oxygen atoms in total. The number of hydrogen-bond donors (Lipinski definition) is 3. The van der Waals surface area contributed by atoms with Crippen LogP contribution >= 0.6 is 38.9 Å². The number of carbonyl (C=O) groups excluding carboxylic acids is 1. The summed E-state index contributed by atoms with van der Waals surface area (Å²) in [6.45, 7) is 3.55. The number of halogens is 2. The molecule has 0 saturated carbocycles. The van der Waals surface area contributed by atoms with Gasteiger partial charge in [-0.15, -0.1) is 0 Å².